The summed E-state index contributed by atoms with van der Waals surface area (Å²) < 4.78 is 6.38. The van der Waals surface area contributed by atoms with E-state index in [9.17, 15) is 4.79 Å². The minimum absolute atomic E-state index is 0.0922. The molecule has 1 rings (SSSR count). The third kappa shape index (κ3) is 5.74. The lowest BCUT2D eigenvalue weighted by Crippen LogP contribution is -2.30. The summed E-state index contributed by atoms with van der Waals surface area (Å²) in [6.45, 7) is 1.89. The van der Waals surface area contributed by atoms with Crippen LogP contribution in [0.5, 0.6) is 0 Å². The monoisotopic (exact) mass is 255 g/mol. The van der Waals surface area contributed by atoms with Crippen LogP contribution in [0.15, 0.2) is 6.20 Å². The predicted molar refractivity (Wildman–Crippen MR) is 66.9 cm³/mol. The molecule has 1 aromatic rings. The van der Waals surface area contributed by atoms with Gasteiger partial charge in [0.1, 0.15) is 6.54 Å². The van der Waals surface area contributed by atoms with Crippen molar-refractivity contribution in [2.24, 2.45) is 5.73 Å². The molecule has 0 saturated carbocycles. The Labute approximate surface area is 107 Å². The Balaban J connectivity index is 2.27. The van der Waals surface area contributed by atoms with Crippen molar-refractivity contribution in [3.63, 3.8) is 0 Å². The van der Waals surface area contributed by atoms with E-state index in [1.165, 1.54) is 0 Å². The molecule has 7 nitrogen and oxygen atoms in total. The van der Waals surface area contributed by atoms with E-state index < -0.39 is 0 Å². The fraction of sp³-hybridized carbons (Fsp3) is 0.727. The van der Waals surface area contributed by atoms with Crippen molar-refractivity contribution in [1.82, 2.24) is 20.3 Å². The Morgan fingerprint density at radius 2 is 2.39 bits per heavy atom. The number of aryl methyl sites for hydroxylation is 1. The number of aromatic nitrogens is 3. The van der Waals surface area contributed by atoms with E-state index in [4.69, 9.17) is 10.5 Å². The molecule has 0 aliphatic rings. The van der Waals surface area contributed by atoms with Crippen LogP contribution in [0, 0.1) is 0 Å². The second-order valence-electron chi connectivity index (χ2n) is 4.00. The van der Waals surface area contributed by atoms with Crippen LogP contribution in [0.3, 0.4) is 0 Å². The molecule has 7 heteroatoms. The molecule has 0 aromatic carbocycles. The van der Waals surface area contributed by atoms with Crippen LogP contribution in [-0.4, -0.2) is 47.7 Å². The van der Waals surface area contributed by atoms with E-state index >= 15 is 0 Å². The largest absolute Gasteiger partial charge is 0.383 e. The summed E-state index contributed by atoms with van der Waals surface area (Å²) >= 11 is 0. The van der Waals surface area contributed by atoms with E-state index in [1.807, 2.05) is 0 Å². The molecular formula is C11H21N5O2. The highest BCUT2D eigenvalue weighted by molar-refractivity contribution is 5.75. The summed E-state index contributed by atoms with van der Waals surface area (Å²) in [7, 11) is 1.59. The van der Waals surface area contributed by atoms with Crippen molar-refractivity contribution in [2.75, 3.05) is 26.8 Å². The number of nitrogens with zero attached hydrogens (tertiary/aromatic N) is 3. The number of nitrogens with one attached hydrogen (secondary N) is 1. The van der Waals surface area contributed by atoms with Crippen LogP contribution in [0.1, 0.15) is 18.5 Å². The Morgan fingerprint density at radius 3 is 3.11 bits per heavy atom. The van der Waals surface area contributed by atoms with E-state index in [1.54, 1.807) is 18.0 Å². The molecule has 0 fully saturated rings. The predicted octanol–water partition coefficient (Wildman–Crippen LogP) is -0.678. The summed E-state index contributed by atoms with van der Waals surface area (Å²) in [5.41, 5.74) is 6.31. The van der Waals surface area contributed by atoms with Gasteiger partial charge in [-0.1, -0.05) is 5.21 Å². The van der Waals surface area contributed by atoms with Crippen molar-refractivity contribution >= 4 is 5.91 Å². The van der Waals surface area contributed by atoms with Gasteiger partial charge in [0.05, 0.1) is 12.3 Å². The van der Waals surface area contributed by atoms with Gasteiger partial charge in [-0.2, -0.15) is 0 Å². The number of carbonyl (C=O) groups excluding carboxylic acids is 1. The van der Waals surface area contributed by atoms with E-state index in [0.717, 1.165) is 25.0 Å². The van der Waals surface area contributed by atoms with Crippen LogP contribution < -0.4 is 11.1 Å². The maximum atomic E-state index is 11.5. The summed E-state index contributed by atoms with van der Waals surface area (Å²) in [6.07, 6.45) is 4.62. The molecule has 3 N–H and O–H groups in total. The van der Waals surface area contributed by atoms with Crippen LogP contribution in [0.4, 0.5) is 0 Å². The molecule has 0 radical (unpaired) electrons. The molecule has 0 atom stereocenters. The minimum atomic E-state index is -0.0922. The quantitative estimate of drug-likeness (QED) is 0.570. The Hall–Kier alpha value is -1.47. The molecule has 0 bridgehead atoms. The first-order valence-electron chi connectivity index (χ1n) is 6.11. The van der Waals surface area contributed by atoms with Crippen molar-refractivity contribution in [3.05, 3.63) is 11.9 Å². The standard InChI is InChI=1S/C11H21N5O2/c1-18-7-6-13-11(17)9-16-8-10(14-15-16)4-2-3-5-12/h8H,2-7,9,12H2,1H3,(H,13,17). The van der Waals surface area contributed by atoms with E-state index in [0.29, 0.717) is 19.7 Å². The maximum absolute atomic E-state index is 11.5. The summed E-state index contributed by atoms with van der Waals surface area (Å²) in [6, 6.07) is 0. The fourth-order valence-electron chi connectivity index (χ4n) is 1.48. The molecular weight excluding hydrogens is 234 g/mol. The van der Waals surface area contributed by atoms with Gasteiger partial charge in [0.25, 0.3) is 0 Å². The normalized spacial score (nSPS) is 10.6. The third-order valence-corrected chi connectivity index (χ3v) is 2.41. The van der Waals surface area contributed by atoms with Crippen molar-refractivity contribution in [1.29, 1.82) is 0 Å². The van der Waals surface area contributed by atoms with Crippen molar-refractivity contribution in [2.45, 2.75) is 25.8 Å². The first kappa shape index (κ1) is 14.6. The van der Waals surface area contributed by atoms with Crippen molar-refractivity contribution in [3.8, 4) is 0 Å². The zero-order valence-corrected chi connectivity index (χ0v) is 10.8. The molecule has 1 amide bonds. The van der Waals surface area contributed by atoms with Gasteiger partial charge in [-0.3, -0.25) is 4.79 Å². The van der Waals surface area contributed by atoms with Gasteiger partial charge in [0.15, 0.2) is 0 Å². The third-order valence-electron chi connectivity index (χ3n) is 2.41. The number of carbonyl (C=O) groups is 1. The zero-order chi connectivity index (χ0) is 13.2. The van der Waals surface area contributed by atoms with Gasteiger partial charge in [-0.15, -0.1) is 5.10 Å². The molecule has 0 saturated heterocycles. The van der Waals surface area contributed by atoms with Gasteiger partial charge >= 0.3 is 0 Å². The number of unbranched alkanes of at least 4 members (excludes halogenated alkanes) is 1. The van der Waals surface area contributed by atoms with Crippen LogP contribution in [-0.2, 0) is 22.5 Å². The first-order valence-corrected chi connectivity index (χ1v) is 6.11. The highest BCUT2D eigenvalue weighted by Crippen LogP contribution is 2.00. The number of methoxy groups -OCH3 is 1. The molecule has 0 aliphatic carbocycles. The van der Waals surface area contributed by atoms with Gasteiger partial charge in [0, 0.05) is 19.9 Å². The van der Waals surface area contributed by atoms with Gasteiger partial charge in [-0.25, -0.2) is 4.68 Å². The lowest BCUT2D eigenvalue weighted by molar-refractivity contribution is -0.122. The number of ether oxygens (including phenoxy) is 1. The highest BCUT2D eigenvalue weighted by atomic mass is 16.5. The van der Waals surface area contributed by atoms with Gasteiger partial charge in [-0.05, 0) is 25.8 Å². The Kier molecular flexibility index (Phi) is 6.97. The lowest BCUT2D eigenvalue weighted by Gasteiger charge is -2.03. The SMILES string of the molecule is COCCNC(=O)Cn1cc(CCCCN)nn1. The summed E-state index contributed by atoms with van der Waals surface area (Å²) in [4.78, 5) is 11.5. The molecule has 1 heterocycles. The summed E-state index contributed by atoms with van der Waals surface area (Å²) in [5, 5.41) is 10.6. The second kappa shape index (κ2) is 8.60. The topological polar surface area (TPSA) is 95.1 Å². The number of amides is 1. The molecule has 102 valence electrons. The first-order chi connectivity index (χ1) is 8.76. The fourth-order valence-corrected chi connectivity index (χ4v) is 1.48. The minimum Gasteiger partial charge on any atom is -0.383 e. The maximum Gasteiger partial charge on any atom is 0.241 e. The molecule has 18 heavy (non-hydrogen) atoms. The van der Waals surface area contributed by atoms with E-state index in [-0.39, 0.29) is 12.5 Å². The smallest absolute Gasteiger partial charge is 0.241 e. The second-order valence-corrected chi connectivity index (χ2v) is 4.00. The molecule has 0 aliphatic heterocycles. The van der Waals surface area contributed by atoms with Gasteiger partial charge < -0.3 is 15.8 Å². The van der Waals surface area contributed by atoms with Crippen molar-refractivity contribution < 1.29 is 9.53 Å². The van der Waals surface area contributed by atoms with Crippen LogP contribution >= 0.6 is 0 Å². The molecule has 0 spiro atoms. The van der Waals surface area contributed by atoms with Crippen LogP contribution in [0.25, 0.3) is 0 Å². The number of nitrogens with two attached hydrogens (primary N) is 1. The van der Waals surface area contributed by atoms with Crippen LogP contribution in [0.2, 0.25) is 0 Å². The zero-order valence-electron chi connectivity index (χ0n) is 10.8. The number of hydrogen-bond donors (Lipinski definition) is 2. The van der Waals surface area contributed by atoms with Gasteiger partial charge in [0.2, 0.25) is 5.91 Å². The average Bonchev–Trinajstić information content (AvgIpc) is 2.77. The molecule has 0 unspecified atom stereocenters. The van der Waals surface area contributed by atoms with E-state index in [2.05, 4.69) is 15.6 Å². The molecule has 1 aromatic heterocycles. The number of rotatable bonds is 9. The Morgan fingerprint density at radius 1 is 1.56 bits per heavy atom. The summed E-state index contributed by atoms with van der Waals surface area (Å²) in [5.74, 6) is -0.0922. The number of hydrogen-bond acceptors (Lipinski definition) is 5. The average molecular weight is 255 g/mol. The lowest BCUT2D eigenvalue weighted by atomic mass is 10.2. The Bertz CT molecular complexity index is 353. The highest BCUT2D eigenvalue weighted by Gasteiger charge is 2.05.